The van der Waals surface area contributed by atoms with Crippen molar-refractivity contribution in [3.63, 3.8) is 0 Å². The molecule has 0 amide bonds. The lowest BCUT2D eigenvalue weighted by Gasteiger charge is -2.33. The summed E-state index contributed by atoms with van der Waals surface area (Å²) >= 11 is 0. The highest BCUT2D eigenvalue weighted by Crippen LogP contribution is 2.22. The first-order valence-electron chi connectivity index (χ1n) is 6.81. The Morgan fingerprint density at radius 3 is 2.74 bits per heavy atom. The second kappa shape index (κ2) is 6.32. The second-order valence-electron chi connectivity index (χ2n) is 5.39. The Balaban J connectivity index is 1.84. The van der Waals surface area contributed by atoms with E-state index in [4.69, 9.17) is 0 Å². The highest BCUT2D eigenvalue weighted by atomic mass is 19.3. The number of hydrogen-bond donors (Lipinski definition) is 1. The van der Waals surface area contributed by atoms with Crippen LogP contribution in [0.1, 0.15) is 19.8 Å². The van der Waals surface area contributed by atoms with Crippen molar-refractivity contribution in [2.75, 3.05) is 25.5 Å². The Bertz CT molecular complexity index is 386. The van der Waals surface area contributed by atoms with Crippen LogP contribution in [0.3, 0.4) is 0 Å². The number of likely N-dealkylation sites (tertiary alicyclic amines) is 1. The number of aromatic nitrogens is 2. The Kier molecular flexibility index (Phi) is 4.74. The highest BCUT2D eigenvalue weighted by Gasteiger charge is 2.22. The first kappa shape index (κ1) is 14.2. The van der Waals surface area contributed by atoms with Gasteiger partial charge in [0, 0.05) is 18.3 Å². The van der Waals surface area contributed by atoms with Crippen molar-refractivity contribution in [1.82, 2.24) is 14.7 Å². The van der Waals surface area contributed by atoms with E-state index in [0.29, 0.717) is 17.8 Å². The van der Waals surface area contributed by atoms with Crippen molar-refractivity contribution in [2.45, 2.75) is 38.8 Å². The maximum Gasteiger partial charge on any atom is 0.257 e. The van der Waals surface area contributed by atoms with Crippen molar-refractivity contribution >= 4 is 5.82 Å². The van der Waals surface area contributed by atoms with E-state index in [0.717, 1.165) is 13.1 Å². The van der Waals surface area contributed by atoms with Gasteiger partial charge in [-0.15, -0.1) is 0 Å². The third kappa shape index (κ3) is 4.16. The molecule has 0 spiro atoms. The Hall–Kier alpha value is -1.17. The molecule has 1 atom stereocenters. The summed E-state index contributed by atoms with van der Waals surface area (Å²) in [6.07, 6.45) is 1.57. The summed E-state index contributed by atoms with van der Waals surface area (Å²) in [6.45, 7) is 4.04. The van der Waals surface area contributed by atoms with Crippen LogP contribution in [-0.2, 0) is 6.54 Å². The zero-order valence-corrected chi connectivity index (χ0v) is 11.5. The first-order chi connectivity index (χ1) is 9.04. The molecule has 1 aliphatic rings. The van der Waals surface area contributed by atoms with E-state index >= 15 is 0 Å². The van der Waals surface area contributed by atoms with Gasteiger partial charge in [0.1, 0.15) is 12.4 Å². The monoisotopic (exact) mass is 272 g/mol. The van der Waals surface area contributed by atoms with Gasteiger partial charge in [-0.2, -0.15) is 5.10 Å². The zero-order chi connectivity index (χ0) is 13.8. The zero-order valence-electron chi connectivity index (χ0n) is 11.5. The van der Waals surface area contributed by atoms with Crippen molar-refractivity contribution < 1.29 is 8.78 Å². The fourth-order valence-electron chi connectivity index (χ4n) is 2.56. The van der Waals surface area contributed by atoms with Gasteiger partial charge in [-0.3, -0.25) is 4.68 Å². The molecule has 2 rings (SSSR count). The maximum atomic E-state index is 12.2. The van der Waals surface area contributed by atoms with Crippen LogP contribution in [0.2, 0.25) is 0 Å². The number of halogens is 2. The van der Waals surface area contributed by atoms with Crippen molar-refractivity contribution in [3.05, 3.63) is 12.3 Å². The molecular weight excluding hydrogens is 250 g/mol. The lowest BCUT2D eigenvalue weighted by Crippen LogP contribution is -2.37. The topological polar surface area (TPSA) is 33.1 Å². The second-order valence-corrected chi connectivity index (χ2v) is 5.39. The fraction of sp³-hybridized carbons (Fsp3) is 0.769. The normalized spacial score (nSPS) is 19.8. The van der Waals surface area contributed by atoms with E-state index in [-0.39, 0.29) is 6.54 Å². The average molecular weight is 272 g/mol. The van der Waals surface area contributed by atoms with Crippen LogP contribution in [0.15, 0.2) is 12.3 Å². The summed E-state index contributed by atoms with van der Waals surface area (Å²) in [6, 6.07) is 2.08. The molecule has 1 aliphatic heterocycles. The molecule has 108 valence electrons. The third-order valence-corrected chi connectivity index (χ3v) is 3.81. The summed E-state index contributed by atoms with van der Waals surface area (Å²) in [5, 5.41) is 7.44. The predicted molar refractivity (Wildman–Crippen MR) is 71.5 cm³/mol. The first-order valence-corrected chi connectivity index (χ1v) is 6.81. The van der Waals surface area contributed by atoms with Gasteiger partial charge in [0.2, 0.25) is 0 Å². The number of piperidine rings is 1. The van der Waals surface area contributed by atoms with Crippen LogP contribution in [0.4, 0.5) is 14.6 Å². The van der Waals surface area contributed by atoms with Crippen LogP contribution >= 0.6 is 0 Å². The molecule has 0 unspecified atom stereocenters. The van der Waals surface area contributed by atoms with Gasteiger partial charge in [-0.25, -0.2) is 8.78 Å². The van der Waals surface area contributed by atoms with E-state index in [2.05, 4.69) is 29.3 Å². The number of nitrogens with one attached hydrogen (secondary N) is 1. The Labute approximate surface area is 112 Å². The number of hydrogen-bond acceptors (Lipinski definition) is 3. The lowest BCUT2D eigenvalue weighted by molar-refractivity contribution is 0.122. The molecular formula is C13H22F2N4. The van der Waals surface area contributed by atoms with Crippen molar-refractivity contribution in [2.24, 2.45) is 5.92 Å². The molecule has 2 heterocycles. The molecule has 4 nitrogen and oxygen atoms in total. The molecule has 0 aromatic carbocycles. The summed E-state index contributed by atoms with van der Waals surface area (Å²) < 4.78 is 25.8. The van der Waals surface area contributed by atoms with Crippen LogP contribution in [0.5, 0.6) is 0 Å². The Morgan fingerprint density at radius 1 is 1.42 bits per heavy atom. The standard InChI is InChI=1S/C13H22F2N4/c1-10(11-3-6-18(2)7-4-11)16-13-5-8-19(17-13)9-12(14)15/h5,8,10-12H,3-4,6-7,9H2,1-2H3,(H,16,17)/t10-/m0/s1. The quantitative estimate of drug-likeness (QED) is 0.893. The maximum absolute atomic E-state index is 12.2. The molecule has 1 aromatic rings. The van der Waals surface area contributed by atoms with Crippen LogP contribution in [-0.4, -0.2) is 47.3 Å². The van der Waals surface area contributed by atoms with Crippen LogP contribution < -0.4 is 5.32 Å². The molecule has 0 radical (unpaired) electrons. The van der Waals surface area contributed by atoms with E-state index < -0.39 is 6.43 Å². The summed E-state index contributed by atoms with van der Waals surface area (Å²) in [7, 11) is 2.14. The minimum atomic E-state index is -2.36. The van der Waals surface area contributed by atoms with Gasteiger partial charge < -0.3 is 10.2 Å². The van der Waals surface area contributed by atoms with E-state index in [1.54, 1.807) is 12.3 Å². The number of rotatable bonds is 5. The SMILES string of the molecule is C[C@H](Nc1ccn(CC(F)F)n1)C1CCN(C)CC1. The molecule has 0 aliphatic carbocycles. The average Bonchev–Trinajstić information content (AvgIpc) is 2.76. The van der Waals surface area contributed by atoms with Gasteiger partial charge in [0.15, 0.2) is 0 Å². The smallest absolute Gasteiger partial charge is 0.257 e. The molecule has 0 bridgehead atoms. The largest absolute Gasteiger partial charge is 0.366 e. The minimum Gasteiger partial charge on any atom is -0.366 e. The van der Waals surface area contributed by atoms with E-state index in [9.17, 15) is 8.78 Å². The number of anilines is 1. The van der Waals surface area contributed by atoms with Crippen LogP contribution in [0.25, 0.3) is 0 Å². The summed E-state index contributed by atoms with van der Waals surface area (Å²) in [4.78, 5) is 2.33. The summed E-state index contributed by atoms with van der Waals surface area (Å²) in [5.74, 6) is 1.31. The van der Waals surface area contributed by atoms with Gasteiger partial charge in [0.05, 0.1) is 0 Å². The molecule has 1 fully saturated rings. The molecule has 1 N–H and O–H groups in total. The van der Waals surface area contributed by atoms with Gasteiger partial charge in [0.25, 0.3) is 6.43 Å². The highest BCUT2D eigenvalue weighted by molar-refractivity contribution is 5.33. The molecule has 6 heteroatoms. The number of nitrogens with zero attached hydrogens (tertiary/aromatic N) is 3. The van der Waals surface area contributed by atoms with E-state index in [1.807, 2.05) is 0 Å². The fourth-order valence-corrected chi connectivity index (χ4v) is 2.56. The minimum absolute atomic E-state index is 0.323. The Morgan fingerprint density at radius 2 is 2.11 bits per heavy atom. The molecule has 1 aromatic heterocycles. The summed E-state index contributed by atoms with van der Waals surface area (Å²) in [5.41, 5.74) is 0. The third-order valence-electron chi connectivity index (χ3n) is 3.81. The van der Waals surface area contributed by atoms with Gasteiger partial charge in [-0.1, -0.05) is 0 Å². The van der Waals surface area contributed by atoms with E-state index in [1.165, 1.54) is 17.5 Å². The van der Waals surface area contributed by atoms with Crippen LogP contribution in [0, 0.1) is 5.92 Å². The van der Waals surface area contributed by atoms with Crippen molar-refractivity contribution in [1.29, 1.82) is 0 Å². The molecule has 19 heavy (non-hydrogen) atoms. The van der Waals surface area contributed by atoms with Crippen molar-refractivity contribution in [3.8, 4) is 0 Å². The predicted octanol–water partition coefficient (Wildman–Crippen LogP) is 2.29. The molecule has 0 saturated carbocycles. The molecule has 1 saturated heterocycles. The van der Waals surface area contributed by atoms with Gasteiger partial charge >= 0.3 is 0 Å². The number of alkyl halides is 2. The van der Waals surface area contributed by atoms with Gasteiger partial charge in [-0.05, 0) is 45.8 Å². The lowest BCUT2D eigenvalue weighted by atomic mass is 9.90.